The highest BCUT2D eigenvalue weighted by atomic mass is 16.5. The number of dihydropyridines is 1. The highest BCUT2D eigenvalue weighted by Crippen LogP contribution is 2.33. The lowest BCUT2D eigenvalue weighted by atomic mass is 9.90. The zero-order chi connectivity index (χ0) is 21.0. The Kier molecular flexibility index (Phi) is 5.44. The second kappa shape index (κ2) is 8.68. The average molecular weight is 412 g/mol. The number of hydrogen-bond acceptors (Lipinski definition) is 5. The van der Waals surface area contributed by atoms with Crippen molar-refractivity contribution < 1.29 is 4.74 Å². The van der Waals surface area contributed by atoms with E-state index in [9.17, 15) is 0 Å². The van der Waals surface area contributed by atoms with Gasteiger partial charge in [0.2, 0.25) is 5.82 Å². The van der Waals surface area contributed by atoms with Crippen LogP contribution in [0.2, 0.25) is 0 Å². The highest BCUT2D eigenvalue weighted by Gasteiger charge is 2.25. The van der Waals surface area contributed by atoms with Gasteiger partial charge in [0.1, 0.15) is 12.4 Å². The molecule has 0 fully saturated rings. The third-order valence-electron chi connectivity index (χ3n) is 5.84. The zero-order valence-electron chi connectivity index (χ0n) is 17.6. The van der Waals surface area contributed by atoms with Crippen LogP contribution in [0.4, 0.5) is 0 Å². The number of aliphatic imine (C=N–C) groups is 1. The van der Waals surface area contributed by atoms with Crippen LogP contribution < -0.4 is 0 Å². The summed E-state index contributed by atoms with van der Waals surface area (Å²) >= 11 is 0. The molecule has 0 bridgehead atoms. The molecule has 2 heterocycles. The molecule has 3 aromatic rings. The van der Waals surface area contributed by atoms with Gasteiger partial charge in [0.05, 0.1) is 6.04 Å². The molecule has 0 saturated carbocycles. The number of rotatable bonds is 6. The van der Waals surface area contributed by atoms with Crippen molar-refractivity contribution in [2.75, 3.05) is 0 Å². The largest absolute Gasteiger partial charge is 0.488 e. The number of benzene rings is 2. The Hall–Kier alpha value is -3.54. The Morgan fingerprint density at radius 2 is 1.90 bits per heavy atom. The molecule has 1 aliphatic carbocycles. The maximum Gasteiger partial charge on any atom is 0.205 e. The molecule has 0 spiro atoms. The van der Waals surface area contributed by atoms with Gasteiger partial charge in [-0.05, 0) is 47.6 Å². The van der Waals surface area contributed by atoms with Crippen molar-refractivity contribution in [1.29, 1.82) is 0 Å². The summed E-state index contributed by atoms with van der Waals surface area (Å²) in [6, 6.07) is 16.8. The van der Waals surface area contributed by atoms with E-state index < -0.39 is 0 Å². The molecule has 31 heavy (non-hydrogen) atoms. The molecule has 6 nitrogen and oxygen atoms in total. The quantitative estimate of drug-likeness (QED) is 0.599. The maximum absolute atomic E-state index is 6.28. The van der Waals surface area contributed by atoms with E-state index in [0.717, 1.165) is 53.0 Å². The lowest BCUT2D eigenvalue weighted by molar-refractivity contribution is 0.202. The lowest BCUT2D eigenvalue weighted by Gasteiger charge is -2.27. The summed E-state index contributed by atoms with van der Waals surface area (Å²) in [4.78, 5) is 4.88. The van der Waals surface area contributed by atoms with Crippen LogP contribution >= 0.6 is 0 Å². The summed E-state index contributed by atoms with van der Waals surface area (Å²) < 4.78 is 6.28. The second-order valence-electron chi connectivity index (χ2n) is 7.86. The number of nitrogens with one attached hydrogen (secondary N) is 1. The number of aromatic nitrogens is 4. The summed E-state index contributed by atoms with van der Waals surface area (Å²) in [5.74, 6) is 1.58. The first kappa shape index (κ1) is 19.4. The van der Waals surface area contributed by atoms with Crippen molar-refractivity contribution in [3.63, 3.8) is 0 Å². The minimum atomic E-state index is 0.271. The van der Waals surface area contributed by atoms with Crippen molar-refractivity contribution in [1.82, 2.24) is 20.6 Å². The van der Waals surface area contributed by atoms with Gasteiger partial charge < -0.3 is 4.74 Å². The van der Waals surface area contributed by atoms with E-state index in [0.29, 0.717) is 12.4 Å². The fourth-order valence-corrected chi connectivity index (χ4v) is 4.20. The summed E-state index contributed by atoms with van der Waals surface area (Å²) in [7, 11) is 0. The molecule has 1 aliphatic heterocycles. The normalized spacial score (nSPS) is 18.0. The summed E-state index contributed by atoms with van der Waals surface area (Å²) in [5, 5.41) is 14.5. The first-order valence-electron chi connectivity index (χ1n) is 10.9. The molecule has 2 aliphatic rings. The lowest BCUT2D eigenvalue weighted by Crippen LogP contribution is -2.21. The van der Waals surface area contributed by atoms with Crippen LogP contribution in [0.5, 0.6) is 0 Å². The monoisotopic (exact) mass is 411 g/mol. The van der Waals surface area contributed by atoms with Gasteiger partial charge in [0.15, 0.2) is 0 Å². The number of ether oxygens (including phenoxy) is 1. The Morgan fingerprint density at radius 1 is 1.06 bits per heavy atom. The van der Waals surface area contributed by atoms with Crippen LogP contribution in [0.1, 0.15) is 38.2 Å². The van der Waals surface area contributed by atoms with Crippen molar-refractivity contribution in [3.05, 3.63) is 77.6 Å². The number of tetrazole rings is 1. The number of hydrogen-bond donors (Lipinski definition) is 1. The molecule has 1 unspecified atom stereocenters. The van der Waals surface area contributed by atoms with Gasteiger partial charge in [0, 0.05) is 22.9 Å². The Balaban J connectivity index is 1.34. The van der Waals surface area contributed by atoms with Gasteiger partial charge in [-0.25, -0.2) is 0 Å². The molecular weight excluding hydrogens is 386 g/mol. The smallest absolute Gasteiger partial charge is 0.205 e. The van der Waals surface area contributed by atoms with E-state index in [1.807, 2.05) is 18.2 Å². The first-order valence-corrected chi connectivity index (χ1v) is 10.9. The molecular formula is C25H25N5O. The van der Waals surface area contributed by atoms with Crippen molar-refractivity contribution in [3.8, 4) is 22.5 Å². The third kappa shape index (κ3) is 4.06. The number of allylic oxidation sites excluding steroid dienone is 2. The molecule has 0 amide bonds. The fourth-order valence-electron chi connectivity index (χ4n) is 4.20. The predicted molar refractivity (Wildman–Crippen MR) is 121 cm³/mol. The molecule has 1 atom stereocenters. The Bertz CT molecular complexity index is 1140. The van der Waals surface area contributed by atoms with Gasteiger partial charge >= 0.3 is 0 Å². The third-order valence-corrected chi connectivity index (χ3v) is 5.84. The second-order valence-corrected chi connectivity index (χ2v) is 7.86. The van der Waals surface area contributed by atoms with E-state index in [1.165, 1.54) is 12.0 Å². The number of H-pyrrole nitrogens is 1. The topological polar surface area (TPSA) is 76.1 Å². The van der Waals surface area contributed by atoms with E-state index in [4.69, 9.17) is 9.73 Å². The van der Waals surface area contributed by atoms with Crippen LogP contribution in [0.3, 0.4) is 0 Å². The molecule has 2 aromatic carbocycles. The molecule has 6 heteroatoms. The van der Waals surface area contributed by atoms with Gasteiger partial charge in [-0.15, -0.1) is 10.2 Å². The minimum absolute atomic E-state index is 0.271. The maximum atomic E-state index is 6.28. The van der Waals surface area contributed by atoms with Crippen LogP contribution in [0.15, 0.2) is 77.0 Å². The van der Waals surface area contributed by atoms with Gasteiger partial charge in [-0.3, -0.25) is 4.99 Å². The molecule has 1 aromatic heterocycles. The van der Waals surface area contributed by atoms with Crippen molar-refractivity contribution >= 4 is 5.71 Å². The highest BCUT2D eigenvalue weighted by molar-refractivity contribution is 5.97. The minimum Gasteiger partial charge on any atom is -0.488 e. The van der Waals surface area contributed by atoms with Crippen LogP contribution in [0.25, 0.3) is 22.5 Å². The molecule has 0 radical (unpaired) electrons. The summed E-state index contributed by atoms with van der Waals surface area (Å²) in [6.45, 7) is 2.69. The number of nitrogens with zero attached hydrogens (tertiary/aromatic N) is 4. The number of aromatic amines is 1. The van der Waals surface area contributed by atoms with Crippen LogP contribution in [-0.2, 0) is 11.3 Å². The standard InChI is InChI=1S/C25H25N5O/c1-2-19-15-24(22-9-5-6-10-23(22)26-19)31-16-17-11-13-18(14-12-17)20-7-3-4-8-21(20)25-27-29-30-28-25/h3-4,7-9,11-15,23H,2,5-6,10,16H2,1H3,(H,27,28,29,30). The number of fused-ring (bicyclic) bond motifs is 1. The van der Waals surface area contributed by atoms with E-state index >= 15 is 0 Å². The molecule has 1 N–H and O–H groups in total. The predicted octanol–water partition coefficient (Wildman–Crippen LogP) is 5.28. The summed E-state index contributed by atoms with van der Waals surface area (Å²) in [6.07, 6.45) is 8.78. The van der Waals surface area contributed by atoms with Gasteiger partial charge in [-0.1, -0.05) is 61.5 Å². The van der Waals surface area contributed by atoms with Crippen LogP contribution in [-0.4, -0.2) is 32.4 Å². The summed E-state index contributed by atoms with van der Waals surface area (Å²) in [5.41, 5.74) is 6.66. The first-order chi connectivity index (χ1) is 15.3. The molecule has 0 saturated heterocycles. The van der Waals surface area contributed by atoms with Crippen molar-refractivity contribution in [2.24, 2.45) is 4.99 Å². The van der Waals surface area contributed by atoms with Gasteiger partial charge in [0.25, 0.3) is 0 Å². The Morgan fingerprint density at radius 3 is 2.68 bits per heavy atom. The fraction of sp³-hybridized carbons (Fsp3) is 0.280. The zero-order valence-corrected chi connectivity index (χ0v) is 17.6. The van der Waals surface area contributed by atoms with Crippen molar-refractivity contribution in [2.45, 2.75) is 45.3 Å². The van der Waals surface area contributed by atoms with E-state index in [1.54, 1.807) is 0 Å². The molecule has 5 rings (SSSR count). The molecule has 156 valence electrons. The SMILES string of the molecule is CCC1=NC2CCCC=C2C(OCc2ccc(-c3ccccc3-c3nn[nH]n3)cc2)=C1. The van der Waals surface area contributed by atoms with Gasteiger partial charge in [-0.2, -0.15) is 5.21 Å². The average Bonchev–Trinajstić information content (AvgIpc) is 3.37. The Labute approximate surface area is 181 Å². The van der Waals surface area contributed by atoms with E-state index in [-0.39, 0.29) is 6.04 Å². The van der Waals surface area contributed by atoms with E-state index in [2.05, 4.69) is 70.0 Å². The van der Waals surface area contributed by atoms with Crippen LogP contribution in [0, 0.1) is 0 Å².